The summed E-state index contributed by atoms with van der Waals surface area (Å²) in [6.45, 7) is 0. The Balaban J connectivity index is 2.63. The molecule has 0 aliphatic heterocycles. The largest absolute Gasteiger partial charge is 0.478 e. The second-order valence-corrected chi connectivity index (χ2v) is 5.24. The van der Waals surface area contributed by atoms with Crippen molar-refractivity contribution in [2.75, 3.05) is 12.8 Å². The molecule has 4 nitrogen and oxygen atoms in total. The standard InChI is InChI=1S/C11H12BrNO3S/c1-13-10(14)4-5-17-7-2-3-9(12)8(6-7)11(15)16/h2-3,6H,4-5H2,1H3,(H,13,14)(H,15,16). The van der Waals surface area contributed by atoms with Crippen molar-refractivity contribution in [2.45, 2.75) is 11.3 Å². The molecule has 0 saturated heterocycles. The number of hydrogen-bond donors (Lipinski definition) is 2. The quantitative estimate of drug-likeness (QED) is 0.818. The van der Waals surface area contributed by atoms with E-state index in [1.54, 1.807) is 19.2 Å². The SMILES string of the molecule is CNC(=O)CCSc1ccc(Br)c(C(=O)O)c1. The van der Waals surface area contributed by atoms with Gasteiger partial charge in [-0.2, -0.15) is 0 Å². The van der Waals surface area contributed by atoms with Gasteiger partial charge in [0, 0.05) is 28.6 Å². The third-order valence-corrected chi connectivity index (χ3v) is 3.73. The number of aromatic carboxylic acids is 1. The van der Waals surface area contributed by atoms with Gasteiger partial charge in [0.15, 0.2) is 0 Å². The number of benzene rings is 1. The number of carboxylic acid groups (broad SMARTS) is 1. The predicted octanol–water partition coefficient (Wildman–Crippen LogP) is 2.38. The molecule has 0 radical (unpaired) electrons. The summed E-state index contributed by atoms with van der Waals surface area (Å²) in [5.74, 6) is -0.362. The van der Waals surface area contributed by atoms with E-state index in [4.69, 9.17) is 5.11 Å². The molecule has 1 aromatic carbocycles. The number of nitrogens with one attached hydrogen (secondary N) is 1. The lowest BCUT2D eigenvalue weighted by molar-refractivity contribution is -0.120. The number of amides is 1. The molecule has 0 heterocycles. The molecule has 2 N–H and O–H groups in total. The van der Waals surface area contributed by atoms with Crippen molar-refractivity contribution in [1.29, 1.82) is 0 Å². The number of carbonyl (C=O) groups is 2. The number of halogens is 1. The van der Waals surface area contributed by atoms with Crippen LogP contribution in [0.4, 0.5) is 0 Å². The van der Waals surface area contributed by atoms with Crippen LogP contribution in [0.3, 0.4) is 0 Å². The zero-order chi connectivity index (χ0) is 12.8. The van der Waals surface area contributed by atoms with Crippen molar-refractivity contribution in [3.05, 3.63) is 28.2 Å². The third kappa shape index (κ3) is 4.40. The lowest BCUT2D eigenvalue weighted by Crippen LogP contribution is -2.17. The first-order valence-electron chi connectivity index (χ1n) is 4.91. The van der Waals surface area contributed by atoms with Crippen LogP contribution in [0.15, 0.2) is 27.6 Å². The zero-order valence-corrected chi connectivity index (χ0v) is 11.6. The van der Waals surface area contributed by atoms with E-state index in [2.05, 4.69) is 21.2 Å². The molecule has 0 aliphatic carbocycles. The first-order valence-corrected chi connectivity index (χ1v) is 6.68. The summed E-state index contributed by atoms with van der Waals surface area (Å²) in [6.07, 6.45) is 0.416. The molecule has 1 aromatic rings. The first kappa shape index (κ1) is 14.1. The highest BCUT2D eigenvalue weighted by Gasteiger charge is 2.09. The van der Waals surface area contributed by atoms with Gasteiger partial charge in [-0.15, -0.1) is 11.8 Å². The van der Waals surface area contributed by atoms with Crippen molar-refractivity contribution < 1.29 is 14.7 Å². The maximum Gasteiger partial charge on any atom is 0.336 e. The summed E-state index contributed by atoms with van der Waals surface area (Å²) in [6, 6.07) is 5.12. The van der Waals surface area contributed by atoms with E-state index in [0.29, 0.717) is 16.6 Å². The Hall–Kier alpha value is -1.01. The van der Waals surface area contributed by atoms with Crippen LogP contribution in [0.1, 0.15) is 16.8 Å². The molecule has 92 valence electrons. The van der Waals surface area contributed by atoms with Crippen LogP contribution in [0.25, 0.3) is 0 Å². The molecule has 0 atom stereocenters. The Morgan fingerprint density at radius 2 is 2.18 bits per heavy atom. The molecule has 1 amide bonds. The fourth-order valence-electron chi connectivity index (χ4n) is 1.14. The number of hydrogen-bond acceptors (Lipinski definition) is 3. The fourth-order valence-corrected chi connectivity index (χ4v) is 2.45. The van der Waals surface area contributed by atoms with Gasteiger partial charge in [0.25, 0.3) is 0 Å². The number of thioether (sulfide) groups is 1. The molecule has 0 bridgehead atoms. The molecule has 0 spiro atoms. The van der Waals surface area contributed by atoms with Crippen molar-refractivity contribution in [2.24, 2.45) is 0 Å². The van der Waals surface area contributed by atoms with E-state index < -0.39 is 5.97 Å². The fraction of sp³-hybridized carbons (Fsp3) is 0.273. The van der Waals surface area contributed by atoms with Crippen LogP contribution in [0, 0.1) is 0 Å². The van der Waals surface area contributed by atoms with Gasteiger partial charge in [-0.25, -0.2) is 4.79 Å². The van der Waals surface area contributed by atoms with Crippen molar-refractivity contribution in [3.8, 4) is 0 Å². The average molecular weight is 318 g/mol. The van der Waals surface area contributed by atoms with E-state index in [9.17, 15) is 9.59 Å². The monoisotopic (exact) mass is 317 g/mol. The summed E-state index contributed by atoms with van der Waals surface area (Å²) < 4.78 is 0.556. The average Bonchev–Trinajstić information content (AvgIpc) is 2.30. The molecular formula is C11H12BrNO3S. The topological polar surface area (TPSA) is 66.4 Å². The van der Waals surface area contributed by atoms with Gasteiger partial charge in [0.1, 0.15) is 0 Å². The van der Waals surface area contributed by atoms with E-state index in [1.807, 2.05) is 6.07 Å². The Morgan fingerprint density at radius 3 is 2.76 bits per heavy atom. The lowest BCUT2D eigenvalue weighted by atomic mass is 10.2. The van der Waals surface area contributed by atoms with Crippen LogP contribution in [-0.2, 0) is 4.79 Å². The van der Waals surface area contributed by atoms with Gasteiger partial charge in [-0.3, -0.25) is 4.79 Å². The molecule has 1 rings (SSSR count). The summed E-state index contributed by atoms with van der Waals surface area (Å²) >= 11 is 4.64. The Bertz CT molecular complexity index is 437. The highest BCUT2D eigenvalue weighted by molar-refractivity contribution is 9.10. The molecule has 17 heavy (non-hydrogen) atoms. The Kier molecular flexibility index (Phi) is 5.50. The minimum atomic E-state index is -0.967. The van der Waals surface area contributed by atoms with Crippen LogP contribution in [-0.4, -0.2) is 29.8 Å². The predicted molar refractivity (Wildman–Crippen MR) is 70.5 cm³/mol. The van der Waals surface area contributed by atoms with E-state index in [1.165, 1.54) is 11.8 Å². The van der Waals surface area contributed by atoms with Gasteiger partial charge in [-0.05, 0) is 34.1 Å². The van der Waals surface area contributed by atoms with Crippen molar-refractivity contribution >= 4 is 39.6 Å². The summed E-state index contributed by atoms with van der Waals surface area (Å²) in [7, 11) is 1.59. The van der Waals surface area contributed by atoms with E-state index >= 15 is 0 Å². The van der Waals surface area contributed by atoms with E-state index in [0.717, 1.165) is 4.90 Å². The van der Waals surface area contributed by atoms with Gasteiger partial charge in [0.2, 0.25) is 5.91 Å². The highest BCUT2D eigenvalue weighted by atomic mass is 79.9. The maximum atomic E-state index is 11.0. The van der Waals surface area contributed by atoms with Gasteiger partial charge in [-0.1, -0.05) is 0 Å². The second kappa shape index (κ2) is 6.66. The molecule has 6 heteroatoms. The maximum absolute atomic E-state index is 11.0. The summed E-state index contributed by atoms with van der Waals surface area (Å²) in [5.41, 5.74) is 0.231. The molecule has 0 aromatic heterocycles. The van der Waals surface area contributed by atoms with Gasteiger partial charge in [0.05, 0.1) is 5.56 Å². The molecule has 0 aliphatic rings. The van der Waals surface area contributed by atoms with Crippen LogP contribution < -0.4 is 5.32 Å². The van der Waals surface area contributed by atoms with Crippen molar-refractivity contribution in [1.82, 2.24) is 5.32 Å². The normalized spacial score (nSPS) is 10.0. The van der Waals surface area contributed by atoms with Gasteiger partial charge < -0.3 is 10.4 Å². The Morgan fingerprint density at radius 1 is 1.47 bits per heavy atom. The molecular weight excluding hydrogens is 306 g/mol. The first-order chi connectivity index (χ1) is 8.04. The van der Waals surface area contributed by atoms with Crippen LogP contribution in [0.5, 0.6) is 0 Å². The summed E-state index contributed by atoms with van der Waals surface area (Å²) in [4.78, 5) is 22.7. The zero-order valence-electron chi connectivity index (χ0n) is 9.20. The van der Waals surface area contributed by atoms with Crippen molar-refractivity contribution in [3.63, 3.8) is 0 Å². The minimum absolute atomic E-state index is 0.0203. The van der Waals surface area contributed by atoms with Crippen LogP contribution in [0.2, 0.25) is 0 Å². The summed E-state index contributed by atoms with van der Waals surface area (Å²) in [5, 5.41) is 11.5. The second-order valence-electron chi connectivity index (χ2n) is 3.22. The van der Waals surface area contributed by atoms with Crippen LogP contribution >= 0.6 is 27.7 Å². The molecule has 0 unspecified atom stereocenters. The van der Waals surface area contributed by atoms with E-state index in [-0.39, 0.29) is 11.5 Å². The molecule has 0 fully saturated rings. The number of carbonyl (C=O) groups excluding carboxylic acids is 1. The lowest BCUT2D eigenvalue weighted by Gasteiger charge is -2.04. The minimum Gasteiger partial charge on any atom is -0.478 e. The third-order valence-electron chi connectivity index (χ3n) is 2.04. The number of carboxylic acids is 1. The van der Waals surface area contributed by atoms with Gasteiger partial charge >= 0.3 is 5.97 Å². The highest BCUT2D eigenvalue weighted by Crippen LogP contribution is 2.25. The smallest absolute Gasteiger partial charge is 0.336 e. The number of rotatable bonds is 5. The Labute approximate surface area is 112 Å². The molecule has 0 saturated carbocycles.